The maximum atomic E-state index is 13.1. The van der Waals surface area contributed by atoms with E-state index in [0.29, 0.717) is 17.8 Å². The Labute approximate surface area is 149 Å². The first-order chi connectivity index (χ1) is 12.0. The van der Waals surface area contributed by atoms with Crippen molar-refractivity contribution in [2.75, 3.05) is 11.4 Å². The number of aryl methyl sites for hydroxylation is 2. The van der Waals surface area contributed by atoms with Gasteiger partial charge in [0, 0.05) is 18.3 Å². The summed E-state index contributed by atoms with van der Waals surface area (Å²) in [5.74, 6) is 1.60. The van der Waals surface area contributed by atoms with Gasteiger partial charge in [0.05, 0.1) is 5.60 Å². The van der Waals surface area contributed by atoms with E-state index in [1.807, 2.05) is 4.90 Å². The summed E-state index contributed by atoms with van der Waals surface area (Å²) in [4.78, 5) is 15.0. The van der Waals surface area contributed by atoms with Gasteiger partial charge >= 0.3 is 6.03 Å². The van der Waals surface area contributed by atoms with Crippen molar-refractivity contribution in [2.45, 2.75) is 63.5 Å². The number of hydrogen-bond acceptors (Lipinski definition) is 2. The lowest BCUT2D eigenvalue weighted by Crippen LogP contribution is -2.63. The van der Waals surface area contributed by atoms with Crippen molar-refractivity contribution in [1.82, 2.24) is 5.32 Å². The topological polar surface area (TPSA) is 52.6 Å². The molecule has 134 valence electrons. The first-order valence-corrected chi connectivity index (χ1v) is 9.91. The summed E-state index contributed by atoms with van der Waals surface area (Å²) in [6, 6.07) is 6.77. The second-order valence-electron chi connectivity index (χ2n) is 9.06. The number of nitrogens with one attached hydrogen (secondary N) is 1. The van der Waals surface area contributed by atoms with Crippen molar-refractivity contribution in [3.8, 4) is 0 Å². The van der Waals surface area contributed by atoms with Crippen molar-refractivity contribution < 1.29 is 9.90 Å². The highest BCUT2D eigenvalue weighted by Gasteiger charge is 2.55. The van der Waals surface area contributed by atoms with E-state index in [1.165, 1.54) is 24.0 Å². The molecule has 4 nitrogen and oxygen atoms in total. The molecule has 4 aliphatic carbocycles. The van der Waals surface area contributed by atoms with Gasteiger partial charge in [-0.3, -0.25) is 4.90 Å². The average molecular weight is 340 g/mol. The molecule has 4 heteroatoms. The quantitative estimate of drug-likeness (QED) is 0.823. The summed E-state index contributed by atoms with van der Waals surface area (Å²) in [5, 5.41) is 14.1. The maximum Gasteiger partial charge on any atom is 0.322 e. The lowest BCUT2D eigenvalue weighted by molar-refractivity contribution is -0.136. The standard InChI is InChI=1S/C21H28N2O2/c1-13-4-5-15-3-2-6-23(18(15)7-13)20(24)22-19-16-8-14-9-17(19)12-21(25,10-14)11-16/h4-5,7,14,16-17,19,25H,2-3,6,8-12H2,1H3,(H,22,24)/t14?,16?,17?,19-,21-. The fourth-order valence-corrected chi connectivity index (χ4v) is 6.33. The van der Waals surface area contributed by atoms with E-state index in [2.05, 4.69) is 30.4 Å². The Morgan fingerprint density at radius 2 is 2.00 bits per heavy atom. The molecule has 1 aromatic carbocycles. The summed E-state index contributed by atoms with van der Waals surface area (Å²) in [6.45, 7) is 2.89. The van der Waals surface area contributed by atoms with Crippen LogP contribution in [0.1, 0.15) is 49.7 Å². The lowest BCUT2D eigenvalue weighted by Gasteiger charge is -2.58. The van der Waals surface area contributed by atoms with Gasteiger partial charge in [-0.25, -0.2) is 4.79 Å². The number of amides is 2. The average Bonchev–Trinajstić information content (AvgIpc) is 2.56. The Bertz CT molecular complexity index is 700. The molecule has 4 fully saturated rings. The molecule has 1 heterocycles. The first-order valence-electron chi connectivity index (χ1n) is 9.91. The molecular weight excluding hydrogens is 312 g/mol. The maximum absolute atomic E-state index is 13.1. The molecule has 4 bridgehead atoms. The molecule has 1 aromatic rings. The normalized spacial score (nSPS) is 38.6. The highest BCUT2D eigenvalue weighted by atomic mass is 16.3. The van der Waals surface area contributed by atoms with Crippen LogP contribution in [0.4, 0.5) is 10.5 Å². The Morgan fingerprint density at radius 3 is 2.72 bits per heavy atom. The van der Waals surface area contributed by atoms with Gasteiger partial charge in [0.1, 0.15) is 0 Å². The molecule has 0 aromatic heterocycles. The van der Waals surface area contributed by atoms with Gasteiger partial charge in [0.15, 0.2) is 0 Å². The van der Waals surface area contributed by atoms with Crippen molar-refractivity contribution in [3.05, 3.63) is 29.3 Å². The molecule has 5 aliphatic rings. The number of rotatable bonds is 1. The van der Waals surface area contributed by atoms with Crippen LogP contribution in [0.3, 0.4) is 0 Å². The van der Waals surface area contributed by atoms with E-state index >= 15 is 0 Å². The van der Waals surface area contributed by atoms with Gasteiger partial charge < -0.3 is 10.4 Å². The van der Waals surface area contributed by atoms with Crippen LogP contribution in [0, 0.1) is 24.7 Å². The minimum atomic E-state index is -0.438. The van der Waals surface area contributed by atoms with Gasteiger partial charge in [0.2, 0.25) is 0 Å². The summed E-state index contributed by atoms with van der Waals surface area (Å²) in [7, 11) is 0. The third kappa shape index (κ3) is 2.57. The van der Waals surface area contributed by atoms with Gasteiger partial charge in [-0.15, -0.1) is 0 Å². The highest BCUT2D eigenvalue weighted by Crippen LogP contribution is 2.55. The number of hydrogen-bond donors (Lipinski definition) is 2. The summed E-state index contributed by atoms with van der Waals surface area (Å²) < 4.78 is 0. The number of carbonyl (C=O) groups is 1. The van der Waals surface area contributed by atoms with Gasteiger partial charge in [-0.05, 0) is 86.8 Å². The zero-order chi connectivity index (χ0) is 17.2. The van der Waals surface area contributed by atoms with E-state index in [-0.39, 0.29) is 12.1 Å². The van der Waals surface area contributed by atoms with Crippen molar-refractivity contribution in [2.24, 2.45) is 17.8 Å². The molecule has 0 radical (unpaired) electrons. The van der Waals surface area contributed by atoms with Crippen LogP contribution in [-0.2, 0) is 6.42 Å². The minimum Gasteiger partial charge on any atom is -0.390 e. The van der Waals surface area contributed by atoms with Gasteiger partial charge in [-0.2, -0.15) is 0 Å². The van der Waals surface area contributed by atoms with Crippen LogP contribution >= 0.6 is 0 Å². The highest BCUT2D eigenvalue weighted by molar-refractivity contribution is 5.93. The first kappa shape index (κ1) is 15.7. The van der Waals surface area contributed by atoms with Crippen LogP contribution in [0.5, 0.6) is 0 Å². The number of carbonyl (C=O) groups excluding carboxylic acids is 1. The minimum absolute atomic E-state index is 0.0658. The summed E-state index contributed by atoms with van der Waals surface area (Å²) in [5.41, 5.74) is 3.14. The second-order valence-corrected chi connectivity index (χ2v) is 9.06. The zero-order valence-electron chi connectivity index (χ0n) is 15.0. The molecule has 2 atom stereocenters. The molecule has 2 unspecified atom stereocenters. The molecular formula is C21H28N2O2. The fraction of sp³-hybridized carbons (Fsp3) is 0.667. The van der Waals surface area contributed by atoms with E-state index in [4.69, 9.17) is 0 Å². The molecule has 4 saturated carbocycles. The van der Waals surface area contributed by atoms with Crippen LogP contribution in [0.25, 0.3) is 0 Å². The van der Waals surface area contributed by atoms with Crippen LogP contribution < -0.4 is 10.2 Å². The van der Waals surface area contributed by atoms with E-state index in [1.54, 1.807) is 0 Å². The predicted molar refractivity (Wildman–Crippen MR) is 97.7 cm³/mol. The molecule has 2 amide bonds. The second kappa shape index (κ2) is 5.47. The Morgan fingerprint density at radius 1 is 1.24 bits per heavy atom. The van der Waals surface area contributed by atoms with Crippen LogP contribution in [0.2, 0.25) is 0 Å². The SMILES string of the molecule is Cc1ccc2c(c1)N(C(=O)N[C@H]1C3CC4CC1C[C@](O)(C4)C3)CCC2. The Balaban J connectivity index is 1.36. The monoisotopic (exact) mass is 340 g/mol. The molecule has 2 N–H and O–H groups in total. The molecule has 1 aliphatic heterocycles. The smallest absolute Gasteiger partial charge is 0.322 e. The van der Waals surface area contributed by atoms with Crippen molar-refractivity contribution >= 4 is 11.7 Å². The summed E-state index contributed by atoms with van der Waals surface area (Å²) in [6.07, 6.45) is 7.19. The number of anilines is 1. The largest absolute Gasteiger partial charge is 0.390 e. The third-order valence-corrected chi connectivity index (χ3v) is 7.14. The van der Waals surface area contributed by atoms with Crippen LogP contribution in [-0.4, -0.2) is 29.3 Å². The van der Waals surface area contributed by atoms with Crippen LogP contribution in [0.15, 0.2) is 18.2 Å². The van der Waals surface area contributed by atoms with E-state index in [0.717, 1.165) is 44.3 Å². The number of fused-ring (bicyclic) bond motifs is 1. The van der Waals surface area contributed by atoms with Crippen molar-refractivity contribution in [3.63, 3.8) is 0 Å². The zero-order valence-corrected chi connectivity index (χ0v) is 15.0. The Kier molecular flexibility index (Phi) is 3.43. The number of urea groups is 1. The van der Waals surface area contributed by atoms with Crippen molar-refractivity contribution in [1.29, 1.82) is 0 Å². The lowest BCUT2D eigenvalue weighted by atomic mass is 9.52. The van der Waals surface area contributed by atoms with E-state index < -0.39 is 5.60 Å². The molecule has 6 rings (SSSR count). The van der Waals surface area contributed by atoms with Gasteiger partial charge in [-0.1, -0.05) is 12.1 Å². The number of benzene rings is 1. The van der Waals surface area contributed by atoms with E-state index in [9.17, 15) is 9.90 Å². The number of aliphatic hydroxyl groups is 1. The summed E-state index contributed by atoms with van der Waals surface area (Å²) >= 11 is 0. The molecule has 25 heavy (non-hydrogen) atoms. The third-order valence-electron chi connectivity index (χ3n) is 7.14. The number of nitrogens with zero attached hydrogens (tertiary/aromatic N) is 1. The predicted octanol–water partition coefficient (Wildman–Crippen LogP) is 3.40. The molecule has 0 spiro atoms. The molecule has 0 saturated heterocycles. The van der Waals surface area contributed by atoms with Gasteiger partial charge in [0.25, 0.3) is 0 Å². The Hall–Kier alpha value is -1.55. The fourth-order valence-electron chi connectivity index (χ4n) is 6.33.